The Morgan fingerprint density at radius 2 is 1.83 bits per heavy atom. The molecule has 2 N–H and O–H groups in total. The number of fused-ring (bicyclic) bond motifs is 3. The number of aromatic nitrogens is 1. The Morgan fingerprint density at radius 3 is 2.37 bits per heavy atom. The maximum Gasteiger partial charge on any atom is 0.490 e. The van der Waals surface area contributed by atoms with Crippen LogP contribution in [0.4, 0.5) is 22.0 Å². The van der Waals surface area contributed by atoms with E-state index in [4.69, 9.17) is 19.4 Å². The first-order valence-electron chi connectivity index (χ1n) is 9.88. The first-order valence-corrected chi connectivity index (χ1v) is 11.3. The van der Waals surface area contributed by atoms with Gasteiger partial charge < -0.3 is 19.9 Å². The highest BCUT2D eigenvalue weighted by molar-refractivity contribution is 7.90. The van der Waals surface area contributed by atoms with E-state index in [0.29, 0.717) is 30.0 Å². The molecule has 0 amide bonds. The molecule has 0 saturated carbocycles. The zero-order chi connectivity index (χ0) is 26.1. The summed E-state index contributed by atoms with van der Waals surface area (Å²) in [4.78, 5) is 7.90. The summed E-state index contributed by atoms with van der Waals surface area (Å²) in [5.74, 6) is -4.18. The van der Waals surface area contributed by atoms with Crippen molar-refractivity contribution in [1.29, 1.82) is 0 Å². The van der Waals surface area contributed by atoms with Gasteiger partial charge in [0.2, 0.25) is 0 Å². The molecule has 0 aliphatic carbocycles. The zero-order valence-electron chi connectivity index (χ0n) is 18.2. The minimum absolute atomic E-state index is 0.140. The molecule has 0 bridgehead atoms. The fourth-order valence-corrected chi connectivity index (χ4v) is 5.00. The number of methoxy groups -OCH3 is 1. The van der Waals surface area contributed by atoms with Crippen molar-refractivity contribution < 1.29 is 49.7 Å². The number of nitrogens with one attached hydrogen (secondary N) is 1. The van der Waals surface area contributed by atoms with Gasteiger partial charge in [0.25, 0.3) is 10.0 Å². The molecule has 4 rings (SSSR count). The van der Waals surface area contributed by atoms with E-state index in [1.165, 1.54) is 19.4 Å². The van der Waals surface area contributed by atoms with Gasteiger partial charge in [-0.1, -0.05) is 6.07 Å². The third kappa shape index (κ3) is 5.03. The highest BCUT2D eigenvalue weighted by Crippen LogP contribution is 2.43. The minimum atomic E-state index is -5.08. The quantitative estimate of drug-likeness (QED) is 0.504. The molecule has 2 heterocycles. The largest absolute Gasteiger partial charge is 0.493 e. The summed E-state index contributed by atoms with van der Waals surface area (Å²) < 4.78 is 98.3. The number of carbonyl (C=O) groups is 1. The van der Waals surface area contributed by atoms with E-state index in [1.807, 2.05) is 6.92 Å². The number of hydrogen-bond donors (Lipinski definition) is 2. The standard InChI is InChI=1S/C19H18F2N2O4S.C2HF3O2/c1-11-17-12-6-8-23(28(24,25)19-13(20)4-3-5-14(19)21)15(12)10-16(26-2)18(17)27-9-7-22-11;3-2(4,5)1(6)7/h3-6,8,10-11,22H,7,9H2,1-2H3;(H,6,7). The molecule has 1 aliphatic heterocycles. The summed E-state index contributed by atoms with van der Waals surface area (Å²) in [5.41, 5.74) is 0.979. The van der Waals surface area contributed by atoms with E-state index in [-0.39, 0.29) is 11.6 Å². The lowest BCUT2D eigenvalue weighted by molar-refractivity contribution is -0.192. The summed E-state index contributed by atoms with van der Waals surface area (Å²) in [6, 6.07) is 5.89. The van der Waals surface area contributed by atoms with E-state index in [9.17, 15) is 30.4 Å². The highest BCUT2D eigenvalue weighted by Gasteiger charge is 2.38. The molecule has 0 spiro atoms. The molecular weight excluding hydrogens is 503 g/mol. The lowest BCUT2D eigenvalue weighted by atomic mass is 10.0. The van der Waals surface area contributed by atoms with Crippen molar-refractivity contribution in [1.82, 2.24) is 9.29 Å². The van der Waals surface area contributed by atoms with Crippen LogP contribution in [0.1, 0.15) is 18.5 Å². The lowest BCUT2D eigenvalue weighted by Crippen LogP contribution is -2.21. The molecule has 0 fully saturated rings. The number of carboxylic acids is 1. The second-order valence-corrected chi connectivity index (χ2v) is 9.00. The molecule has 1 aliphatic rings. The molecule has 0 radical (unpaired) electrons. The van der Waals surface area contributed by atoms with Gasteiger partial charge in [-0.15, -0.1) is 0 Å². The third-order valence-electron chi connectivity index (χ3n) is 5.05. The summed E-state index contributed by atoms with van der Waals surface area (Å²) in [7, 11) is -3.06. The number of alkyl halides is 3. The number of nitrogens with zero attached hydrogens (tertiary/aromatic N) is 1. The number of halogens is 5. The second-order valence-electron chi connectivity index (χ2n) is 7.25. The number of ether oxygens (including phenoxy) is 2. The van der Waals surface area contributed by atoms with E-state index in [0.717, 1.165) is 27.7 Å². The minimum Gasteiger partial charge on any atom is -0.493 e. The second kappa shape index (κ2) is 9.70. The summed E-state index contributed by atoms with van der Waals surface area (Å²) >= 11 is 0. The predicted octanol–water partition coefficient (Wildman–Crippen LogP) is 3.84. The van der Waals surface area contributed by atoms with Crippen molar-refractivity contribution in [3.63, 3.8) is 0 Å². The van der Waals surface area contributed by atoms with Crippen molar-refractivity contribution in [2.45, 2.75) is 24.0 Å². The summed E-state index contributed by atoms with van der Waals surface area (Å²) in [6.07, 6.45) is -3.80. The molecule has 14 heteroatoms. The van der Waals surface area contributed by atoms with Crippen LogP contribution in [-0.2, 0) is 14.8 Å². The van der Waals surface area contributed by atoms with Gasteiger partial charge in [-0.3, -0.25) is 0 Å². The van der Waals surface area contributed by atoms with Crippen LogP contribution in [0, 0.1) is 11.6 Å². The van der Waals surface area contributed by atoms with Gasteiger partial charge in [0, 0.05) is 35.8 Å². The van der Waals surface area contributed by atoms with Crippen LogP contribution in [0.25, 0.3) is 10.9 Å². The van der Waals surface area contributed by atoms with Crippen LogP contribution in [-0.4, -0.2) is 49.9 Å². The van der Waals surface area contributed by atoms with Gasteiger partial charge in [0.1, 0.15) is 18.2 Å². The first kappa shape index (κ1) is 26.2. The van der Waals surface area contributed by atoms with E-state index in [2.05, 4.69) is 5.32 Å². The average Bonchev–Trinajstić information content (AvgIpc) is 3.10. The Bertz CT molecular complexity index is 1350. The Morgan fingerprint density at radius 1 is 1.23 bits per heavy atom. The normalized spacial score (nSPS) is 15.9. The van der Waals surface area contributed by atoms with Gasteiger partial charge in [-0.2, -0.15) is 13.2 Å². The van der Waals surface area contributed by atoms with Crippen LogP contribution in [0.15, 0.2) is 41.4 Å². The molecule has 1 unspecified atom stereocenters. The molecular formula is C21H19F5N2O6S. The fraction of sp³-hybridized carbons (Fsp3) is 0.286. The van der Waals surface area contributed by atoms with Gasteiger partial charge in [0.15, 0.2) is 16.4 Å². The summed E-state index contributed by atoms with van der Waals surface area (Å²) in [6.45, 7) is 2.97. The van der Waals surface area contributed by atoms with Crippen molar-refractivity contribution in [2.24, 2.45) is 0 Å². The highest BCUT2D eigenvalue weighted by atomic mass is 32.2. The van der Waals surface area contributed by atoms with Crippen molar-refractivity contribution in [3.05, 3.63) is 53.7 Å². The van der Waals surface area contributed by atoms with E-state index < -0.39 is 38.7 Å². The first-order chi connectivity index (χ1) is 16.3. The Hall–Kier alpha value is -3.39. The SMILES string of the molecule is COc1cc2c(ccn2S(=O)(=O)c2c(F)cccc2F)c2c1OCCNC2C.O=C(O)C(F)(F)F. The number of carboxylic acid groups (broad SMARTS) is 1. The molecule has 3 aromatic rings. The van der Waals surface area contributed by atoms with Crippen molar-refractivity contribution in [3.8, 4) is 11.5 Å². The Kier molecular flexibility index (Phi) is 7.26. The molecule has 2 aromatic carbocycles. The van der Waals surface area contributed by atoms with Crippen LogP contribution >= 0.6 is 0 Å². The van der Waals surface area contributed by atoms with Gasteiger partial charge in [-0.25, -0.2) is 26.0 Å². The number of hydrogen-bond acceptors (Lipinski definition) is 6. The average molecular weight is 522 g/mol. The topological polar surface area (TPSA) is 107 Å². The summed E-state index contributed by atoms with van der Waals surface area (Å²) in [5, 5.41) is 11.0. The monoisotopic (exact) mass is 522 g/mol. The van der Waals surface area contributed by atoms with Crippen LogP contribution in [0.5, 0.6) is 11.5 Å². The molecule has 35 heavy (non-hydrogen) atoms. The molecule has 1 aromatic heterocycles. The smallest absolute Gasteiger partial charge is 0.490 e. The third-order valence-corrected chi connectivity index (χ3v) is 6.79. The maximum atomic E-state index is 14.2. The van der Waals surface area contributed by atoms with E-state index >= 15 is 0 Å². The molecule has 0 saturated heterocycles. The molecule has 8 nitrogen and oxygen atoms in total. The zero-order valence-corrected chi connectivity index (χ0v) is 19.0. The number of aliphatic carboxylic acids is 1. The van der Waals surface area contributed by atoms with Crippen molar-refractivity contribution >= 4 is 26.9 Å². The van der Waals surface area contributed by atoms with Crippen molar-refractivity contribution in [2.75, 3.05) is 20.3 Å². The van der Waals surface area contributed by atoms with Crippen LogP contribution in [0.2, 0.25) is 0 Å². The van der Waals surface area contributed by atoms with Gasteiger partial charge in [0.05, 0.1) is 12.6 Å². The van der Waals surface area contributed by atoms with Gasteiger partial charge >= 0.3 is 12.1 Å². The van der Waals surface area contributed by atoms with Crippen LogP contribution in [0.3, 0.4) is 0 Å². The Labute approximate surface area is 195 Å². The number of benzene rings is 2. The van der Waals surface area contributed by atoms with Crippen LogP contribution < -0.4 is 14.8 Å². The fourth-order valence-electron chi connectivity index (χ4n) is 3.54. The predicted molar refractivity (Wildman–Crippen MR) is 113 cm³/mol. The Balaban J connectivity index is 0.000000429. The van der Waals surface area contributed by atoms with Gasteiger partial charge in [-0.05, 0) is 25.1 Å². The number of rotatable bonds is 3. The maximum absolute atomic E-state index is 14.2. The molecule has 190 valence electrons. The lowest BCUT2D eigenvalue weighted by Gasteiger charge is -2.18. The van der Waals surface area contributed by atoms with E-state index in [1.54, 1.807) is 6.07 Å². The molecule has 1 atom stereocenters.